The number of carbonyl (C=O) groups is 2. The van der Waals surface area contributed by atoms with Crippen LogP contribution in [0.25, 0.3) is 0 Å². The van der Waals surface area contributed by atoms with Gasteiger partial charge in [0.2, 0.25) is 0 Å². The van der Waals surface area contributed by atoms with Gasteiger partial charge in [-0.1, -0.05) is 13.8 Å². The Balaban J connectivity index is 3.68. The summed E-state index contributed by atoms with van der Waals surface area (Å²) in [6.07, 6.45) is 1.08. The van der Waals surface area contributed by atoms with Crippen LogP contribution in [0, 0.1) is 5.92 Å². The number of carboxylic acid groups (broad SMARTS) is 2. The highest BCUT2D eigenvalue weighted by atomic mass is 16.4. The molecule has 0 rings (SSSR count). The maximum atomic E-state index is 10.8. The van der Waals surface area contributed by atoms with Gasteiger partial charge >= 0.3 is 11.9 Å². The van der Waals surface area contributed by atoms with Crippen molar-refractivity contribution >= 4 is 11.9 Å². The number of hydrazine groups is 1. The maximum Gasteiger partial charge on any atom is 0.322 e. The molecule has 0 aromatic heterocycles. The van der Waals surface area contributed by atoms with Crippen LogP contribution < -0.4 is 10.9 Å². The fraction of sp³-hybridized carbons (Fsp3) is 0.800. The van der Waals surface area contributed by atoms with Gasteiger partial charge in [0.05, 0.1) is 0 Å². The Morgan fingerprint density at radius 1 is 1.25 bits per heavy atom. The van der Waals surface area contributed by atoms with Crippen LogP contribution in [0.3, 0.4) is 0 Å². The molecule has 0 fully saturated rings. The van der Waals surface area contributed by atoms with Crippen LogP contribution in [-0.4, -0.2) is 34.7 Å². The van der Waals surface area contributed by atoms with Gasteiger partial charge in [-0.2, -0.15) is 0 Å². The Hall–Kier alpha value is -1.14. The first-order chi connectivity index (χ1) is 7.43. The highest BCUT2D eigenvalue weighted by molar-refractivity contribution is 5.73. The molecule has 0 amide bonds. The van der Waals surface area contributed by atoms with Crippen molar-refractivity contribution in [2.24, 2.45) is 5.92 Å². The molecule has 0 radical (unpaired) electrons. The number of nitrogens with one attached hydrogen (secondary N) is 2. The van der Waals surface area contributed by atoms with Crippen molar-refractivity contribution < 1.29 is 19.8 Å². The second kappa shape index (κ2) is 8.06. The van der Waals surface area contributed by atoms with Gasteiger partial charge in [-0.25, -0.2) is 5.43 Å². The summed E-state index contributed by atoms with van der Waals surface area (Å²) < 4.78 is 0. The molecule has 94 valence electrons. The molecule has 6 nitrogen and oxygen atoms in total. The van der Waals surface area contributed by atoms with E-state index in [0.717, 1.165) is 0 Å². The van der Waals surface area contributed by atoms with Crippen LogP contribution in [0.15, 0.2) is 0 Å². The lowest BCUT2D eigenvalue weighted by Crippen LogP contribution is -2.46. The van der Waals surface area contributed by atoms with E-state index in [-0.39, 0.29) is 12.3 Å². The lowest BCUT2D eigenvalue weighted by atomic mass is 10.0. The average molecular weight is 232 g/mol. The molecule has 0 aromatic carbocycles. The molecule has 16 heavy (non-hydrogen) atoms. The third-order valence-corrected chi connectivity index (χ3v) is 1.97. The summed E-state index contributed by atoms with van der Waals surface area (Å²) in [6.45, 7) is 4.33. The zero-order valence-electron chi connectivity index (χ0n) is 9.69. The Bertz CT molecular complexity index is 231. The van der Waals surface area contributed by atoms with Gasteiger partial charge in [0.1, 0.15) is 6.04 Å². The van der Waals surface area contributed by atoms with Crippen molar-refractivity contribution in [3.05, 3.63) is 0 Å². The lowest BCUT2D eigenvalue weighted by Gasteiger charge is -2.16. The first-order valence-corrected chi connectivity index (χ1v) is 5.36. The van der Waals surface area contributed by atoms with E-state index >= 15 is 0 Å². The van der Waals surface area contributed by atoms with E-state index in [9.17, 15) is 9.59 Å². The minimum Gasteiger partial charge on any atom is -0.481 e. The summed E-state index contributed by atoms with van der Waals surface area (Å²) in [5.41, 5.74) is 5.42. The van der Waals surface area contributed by atoms with Crippen LogP contribution in [0.1, 0.15) is 33.1 Å². The minimum atomic E-state index is -0.903. The van der Waals surface area contributed by atoms with Crippen molar-refractivity contribution in [1.82, 2.24) is 10.9 Å². The first kappa shape index (κ1) is 14.9. The second-order valence-electron chi connectivity index (χ2n) is 4.09. The first-order valence-electron chi connectivity index (χ1n) is 5.36. The number of carboxylic acids is 2. The van der Waals surface area contributed by atoms with E-state index in [1.54, 1.807) is 0 Å². The largest absolute Gasteiger partial charge is 0.481 e. The molecule has 0 heterocycles. The zero-order chi connectivity index (χ0) is 12.6. The number of rotatable bonds is 9. The van der Waals surface area contributed by atoms with E-state index < -0.39 is 18.0 Å². The van der Waals surface area contributed by atoms with Crippen LogP contribution >= 0.6 is 0 Å². The number of aliphatic carboxylic acids is 2. The third-order valence-electron chi connectivity index (χ3n) is 1.97. The van der Waals surface area contributed by atoms with E-state index in [1.807, 2.05) is 13.8 Å². The van der Waals surface area contributed by atoms with Crippen molar-refractivity contribution in [2.45, 2.75) is 39.2 Å². The molecule has 0 saturated carbocycles. The SMILES string of the molecule is CC(C)C[C@H](NNCCCC(=O)O)C(=O)O. The Morgan fingerprint density at radius 3 is 2.31 bits per heavy atom. The van der Waals surface area contributed by atoms with Crippen LogP contribution in [0.4, 0.5) is 0 Å². The van der Waals surface area contributed by atoms with Crippen molar-refractivity contribution in [2.75, 3.05) is 6.54 Å². The van der Waals surface area contributed by atoms with E-state index in [2.05, 4.69) is 10.9 Å². The van der Waals surface area contributed by atoms with Gasteiger partial charge in [0.15, 0.2) is 0 Å². The minimum absolute atomic E-state index is 0.0800. The summed E-state index contributed by atoms with van der Waals surface area (Å²) in [5.74, 6) is -1.47. The summed E-state index contributed by atoms with van der Waals surface area (Å²) in [5, 5.41) is 17.3. The van der Waals surface area contributed by atoms with Gasteiger partial charge in [-0.3, -0.25) is 15.0 Å². The molecule has 0 saturated heterocycles. The third kappa shape index (κ3) is 8.19. The van der Waals surface area contributed by atoms with Crippen LogP contribution in [-0.2, 0) is 9.59 Å². The summed E-state index contributed by atoms with van der Waals surface area (Å²) >= 11 is 0. The molecule has 0 spiro atoms. The van der Waals surface area contributed by atoms with Crippen molar-refractivity contribution in [3.63, 3.8) is 0 Å². The molecule has 0 aliphatic carbocycles. The molecule has 0 aliphatic rings. The fourth-order valence-corrected chi connectivity index (χ4v) is 1.22. The van der Waals surface area contributed by atoms with Gasteiger partial charge in [-0.15, -0.1) is 0 Å². The maximum absolute atomic E-state index is 10.8. The van der Waals surface area contributed by atoms with E-state index in [1.165, 1.54) is 0 Å². The highest BCUT2D eigenvalue weighted by Crippen LogP contribution is 2.03. The van der Waals surface area contributed by atoms with Crippen LogP contribution in [0.2, 0.25) is 0 Å². The molecule has 6 heteroatoms. The van der Waals surface area contributed by atoms with E-state index in [4.69, 9.17) is 10.2 Å². The molecule has 0 bridgehead atoms. The standard InChI is InChI=1S/C10H20N2O4/c1-7(2)6-8(10(15)16)12-11-5-3-4-9(13)14/h7-8,11-12H,3-6H2,1-2H3,(H,13,14)(H,15,16)/t8-/m0/s1. The molecule has 4 N–H and O–H groups in total. The lowest BCUT2D eigenvalue weighted by molar-refractivity contribution is -0.140. The monoisotopic (exact) mass is 232 g/mol. The molecule has 1 atom stereocenters. The molecule has 0 unspecified atom stereocenters. The molecular weight excluding hydrogens is 212 g/mol. The zero-order valence-corrected chi connectivity index (χ0v) is 9.69. The summed E-state index contributed by atoms with van der Waals surface area (Å²) in [4.78, 5) is 21.0. The van der Waals surface area contributed by atoms with Gasteiger partial charge in [-0.05, 0) is 18.8 Å². The van der Waals surface area contributed by atoms with Crippen LogP contribution in [0.5, 0.6) is 0 Å². The second-order valence-corrected chi connectivity index (χ2v) is 4.09. The Morgan fingerprint density at radius 2 is 1.88 bits per heavy atom. The van der Waals surface area contributed by atoms with Gasteiger partial charge < -0.3 is 10.2 Å². The van der Waals surface area contributed by atoms with Gasteiger partial charge in [0.25, 0.3) is 0 Å². The molecular formula is C10H20N2O4. The fourth-order valence-electron chi connectivity index (χ4n) is 1.22. The van der Waals surface area contributed by atoms with Crippen molar-refractivity contribution in [1.29, 1.82) is 0 Å². The van der Waals surface area contributed by atoms with Gasteiger partial charge in [0, 0.05) is 13.0 Å². The topological polar surface area (TPSA) is 98.7 Å². The smallest absolute Gasteiger partial charge is 0.322 e. The Labute approximate surface area is 95.0 Å². The Kier molecular flexibility index (Phi) is 7.49. The normalized spacial score (nSPS) is 12.7. The number of hydrogen-bond acceptors (Lipinski definition) is 4. The average Bonchev–Trinajstić information content (AvgIpc) is 2.14. The summed E-state index contributed by atoms with van der Waals surface area (Å²) in [7, 11) is 0. The van der Waals surface area contributed by atoms with Crippen molar-refractivity contribution in [3.8, 4) is 0 Å². The predicted molar refractivity (Wildman–Crippen MR) is 58.9 cm³/mol. The molecule has 0 aromatic rings. The predicted octanol–water partition coefficient (Wildman–Crippen LogP) is 0.445. The summed E-state index contributed by atoms with van der Waals surface area (Å²) in [6, 6.07) is -0.634. The quantitative estimate of drug-likeness (QED) is 0.340. The molecule has 0 aliphatic heterocycles. The van der Waals surface area contributed by atoms with E-state index in [0.29, 0.717) is 19.4 Å². The highest BCUT2D eigenvalue weighted by Gasteiger charge is 2.17. The number of hydrogen-bond donors (Lipinski definition) is 4.